The highest BCUT2D eigenvalue weighted by Gasteiger charge is 2.09. The average Bonchev–Trinajstić information content (AvgIpc) is 1.82. The standard InChI is InChI=1S/C7H11NO/c1-6(2)7(5-8)3-4-9/h4,6-7H,3H2,1-2H3/t7-/m1/s1. The van der Waals surface area contributed by atoms with Crippen LogP contribution in [0.25, 0.3) is 0 Å². The Morgan fingerprint density at radius 1 is 1.67 bits per heavy atom. The Labute approximate surface area is 55.5 Å². The van der Waals surface area contributed by atoms with E-state index in [1.165, 1.54) is 0 Å². The topological polar surface area (TPSA) is 40.9 Å². The maximum atomic E-state index is 9.93. The Kier molecular flexibility index (Phi) is 3.70. The molecule has 2 heteroatoms. The highest BCUT2D eigenvalue weighted by molar-refractivity contribution is 5.50. The Bertz CT molecular complexity index is 123. The molecule has 0 N–H and O–H groups in total. The summed E-state index contributed by atoms with van der Waals surface area (Å²) in [6, 6.07) is 2.07. The Balaban J connectivity index is 3.71. The van der Waals surface area contributed by atoms with E-state index in [4.69, 9.17) is 5.26 Å². The summed E-state index contributed by atoms with van der Waals surface area (Å²) in [5.74, 6) is 0.197. The van der Waals surface area contributed by atoms with Gasteiger partial charge in [0.05, 0.1) is 12.0 Å². The second-order valence-electron chi connectivity index (χ2n) is 2.38. The van der Waals surface area contributed by atoms with Crippen LogP contribution in [0.5, 0.6) is 0 Å². The van der Waals surface area contributed by atoms with Crippen LogP contribution in [0.4, 0.5) is 0 Å². The molecular formula is C7H11NO. The van der Waals surface area contributed by atoms with E-state index in [2.05, 4.69) is 6.07 Å². The van der Waals surface area contributed by atoms with Crippen LogP contribution in [0, 0.1) is 23.2 Å². The molecular weight excluding hydrogens is 114 g/mol. The van der Waals surface area contributed by atoms with Crippen molar-refractivity contribution in [1.29, 1.82) is 5.26 Å². The van der Waals surface area contributed by atoms with Gasteiger partial charge in [0.2, 0.25) is 0 Å². The number of rotatable bonds is 3. The van der Waals surface area contributed by atoms with Crippen LogP contribution in [0.15, 0.2) is 0 Å². The maximum absolute atomic E-state index is 9.93. The van der Waals surface area contributed by atoms with Crippen LogP contribution in [0.3, 0.4) is 0 Å². The number of nitriles is 1. The summed E-state index contributed by atoms with van der Waals surface area (Å²) in [5, 5.41) is 8.42. The molecule has 0 aliphatic heterocycles. The number of aldehydes is 1. The van der Waals surface area contributed by atoms with Crippen LogP contribution in [-0.2, 0) is 4.79 Å². The molecule has 1 atom stereocenters. The first-order valence-electron chi connectivity index (χ1n) is 3.05. The molecule has 0 bridgehead atoms. The molecule has 0 saturated carbocycles. The lowest BCUT2D eigenvalue weighted by Gasteiger charge is -2.06. The predicted molar refractivity (Wildman–Crippen MR) is 34.6 cm³/mol. The SMILES string of the molecule is CC(C)[C@@H](C#N)CC=O. The molecule has 0 unspecified atom stereocenters. The molecule has 0 heterocycles. The summed E-state index contributed by atoms with van der Waals surface area (Å²) in [4.78, 5) is 9.93. The zero-order chi connectivity index (χ0) is 7.28. The van der Waals surface area contributed by atoms with Crippen molar-refractivity contribution in [3.8, 4) is 6.07 Å². The molecule has 0 amide bonds. The van der Waals surface area contributed by atoms with Crippen molar-refractivity contribution < 1.29 is 4.79 Å². The lowest BCUT2D eigenvalue weighted by molar-refractivity contribution is -0.108. The molecule has 0 rings (SSSR count). The third kappa shape index (κ3) is 2.86. The zero-order valence-electron chi connectivity index (χ0n) is 5.79. The number of carbonyl (C=O) groups excluding carboxylic acids is 1. The van der Waals surface area contributed by atoms with Gasteiger partial charge >= 0.3 is 0 Å². The third-order valence-electron chi connectivity index (χ3n) is 1.32. The second-order valence-corrected chi connectivity index (χ2v) is 2.38. The number of carbonyl (C=O) groups is 1. The van der Waals surface area contributed by atoms with Crippen molar-refractivity contribution in [3.63, 3.8) is 0 Å². The molecule has 50 valence electrons. The molecule has 0 fully saturated rings. The van der Waals surface area contributed by atoms with Crippen LogP contribution < -0.4 is 0 Å². The minimum absolute atomic E-state index is 0.0949. The van der Waals surface area contributed by atoms with Gasteiger partial charge in [-0.1, -0.05) is 13.8 Å². The third-order valence-corrected chi connectivity index (χ3v) is 1.32. The predicted octanol–water partition coefficient (Wildman–Crippen LogP) is 1.37. The van der Waals surface area contributed by atoms with E-state index in [1.807, 2.05) is 13.8 Å². The normalized spacial score (nSPS) is 12.7. The Morgan fingerprint density at radius 3 is 2.33 bits per heavy atom. The summed E-state index contributed by atoms with van der Waals surface area (Å²) < 4.78 is 0. The van der Waals surface area contributed by atoms with Crippen molar-refractivity contribution in [1.82, 2.24) is 0 Å². The minimum atomic E-state index is -0.0949. The van der Waals surface area contributed by atoms with Crippen molar-refractivity contribution >= 4 is 6.29 Å². The van der Waals surface area contributed by atoms with Gasteiger partial charge in [0.1, 0.15) is 6.29 Å². The Morgan fingerprint density at radius 2 is 2.22 bits per heavy atom. The minimum Gasteiger partial charge on any atom is -0.303 e. The molecule has 0 aromatic heterocycles. The summed E-state index contributed by atoms with van der Waals surface area (Å²) in [6.07, 6.45) is 1.17. The number of hydrogen-bond acceptors (Lipinski definition) is 2. The van der Waals surface area contributed by atoms with Crippen LogP contribution in [0.2, 0.25) is 0 Å². The first-order chi connectivity index (χ1) is 4.22. The first-order valence-corrected chi connectivity index (χ1v) is 3.05. The van der Waals surface area contributed by atoms with Gasteiger partial charge in [0.15, 0.2) is 0 Å². The van der Waals surface area contributed by atoms with Gasteiger partial charge in [-0.2, -0.15) is 5.26 Å². The first kappa shape index (κ1) is 8.16. The molecule has 0 spiro atoms. The quantitative estimate of drug-likeness (QED) is 0.534. The van der Waals surface area contributed by atoms with Crippen LogP contribution in [0.1, 0.15) is 20.3 Å². The molecule has 9 heavy (non-hydrogen) atoms. The smallest absolute Gasteiger partial charge is 0.121 e. The van der Waals surface area contributed by atoms with E-state index in [-0.39, 0.29) is 5.92 Å². The zero-order valence-corrected chi connectivity index (χ0v) is 5.79. The van der Waals surface area contributed by atoms with E-state index in [1.54, 1.807) is 0 Å². The molecule has 0 radical (unpaired) electrons. The molecule has 0 aromatic rings. The van der Waals surface area contributed by atoms with E-state index in [0.717, 1.165) is 6.29 Å². The molecule has 0 aliphatic rings. The Hall–Kier alpha value is -0.840. The van der Waals surface area contributed by atoms with Crippen molar-refractivity contribution in [2.24, 2.45) is 11.8 Å². The fourth-order valence-electron chi connectivity index (χ4n) is 0.578. The van der Waals surface area contributed by atoms with Gasteiger partial charge in [0.25, 0.3) is 0 Å². The summed E-state index contributed by atoms with van der Waals surface area (Å²) in [7, 11) is 0. The molecule has 0 aliphatic carbocycles. The highest BCUT2D eigenvalue weighted by atomic mass is 16.1. The average molecular weight is 125 g/mol. The maximum Gasteiger partial charge on any atom is 0.121 e. The number of nitrogens with zero attached hydrogens (tertiary/aromatic N) is 1. The fraction of sp³-hybridized carbons (Fsp3) is 0.714. The second kappa shape index (κ2) is 4.08. The summed E-state index contributed by atoms with van der Waals surface area (Å²) >= 11 is 0. The summed E-state index contributed by atoms with van der Waals surface area (Å²) in [5.41, 5.74) is 0. The molecule has 2 nitrogen and oxygen atoms in total. The largest absolute Gasteiger partial charge is 0.303 e. The highest BCUT2D eigenvalue weighted by Crippen LogP contribution is 2.11. The monoisotopic (exact) mass is 125 g/mol. The van der Waals surface area contributed by atoms with E-state index in [9.17, 15) is 4.79 Å². The molecule has 0 aromatic carbocycles. The van der Waals surface area contributed by atoms with E-state index in [0.29, 0.717) is 12.3 Å². The van der Waals surface area contributed by atoms with Gasteiger partial charge in [-0.25, -0.2) is 0 Å². The van der Waals surface area contributed by atoms with Gasteiger partial charge in [-0.15, -0.1) is 0 Å². The van der Waals surface area contributed by atoms with Crippen molar-refractivity contribution in [3.05, 3.63) is 0 Å². The van der Waals surface area contributed by atoms with E-state index < -0.39 is 0 Å². The lowest BCUT2D eigenvalue weighted by atomic mass is 9.95. The van der Waals surface area contributed by atoms with Crippen LogP contribution in [-0.4, -0.2) is 6.29 Å². The van der Waals surface area contributed by atoms with Gasteiger partial charge < -0.3 is 4.79 Å². The summed E-state index contributed by atoms with van der Waals surface area (Å²) in [6.45, 7) is 3.88. The van der Waals surface area contributed by atoms with E-state index >= 15 is 0 Å². The van der Waals surface area contributed by atoms with Gasteiger partial charge in [0, 0.05) is 6.42 Å². The van der Waals surface area contributed by atoms with Crippen molar-refractivity contribution in [2.45, 2.75) is 20.3 Å². The van der Waals surface area contributed by atoms with Gasteiger partial charge in [-0.3, -0.25) is 0 Å². The van der Waals surface area contributed by atoms with Gasteiger partial charge in [-0.05, 0) is 5.92 Å². The van der Waals surface area contributed by atoms with Crippen LogP contribution >= 0.6 is 0 Å². The fourth-order valence-corrected chi connectivity index (χ4v) is 0.578. The lowest BCUT2D eigenvalue weighted by Crippen LogP contribution is -2.05. The number of hydrogen-bond donors (Lipinski definition) is 0. The van der Waals surface area contributed by atoms with Crippen molar-refractivity contribution in [2.75, 3.05) is 0 Å². The molecule has 0 saturated heterocycles.